The predicted molar refractivity (Wildman–Crippen MR) is 77.2 cm³/mol. The number of methoxy groups -OCH3 is 1. The lowest BCUT2D eigenvalue weighted by atomic mass is 10.2. The van der Waals surface area contributed by atoms with Gasteiger partial charge in [-0.3, -0.25) is 4.90 Å². The first-order valence-corrected chi connectivity index (χ1v) is 7.07. The van der Waals surface area contributed by atoms with Gasteiger partial charge >= 0.3 is 0 Å². The smallest absolute Gasteiger partial charge is 0.130 e. The molecule has 1 fully saturated rings. The summed E-state index contributed by atoms with van der Waals surface area (Å²) in [5.41, 5.74) is 0.572. The van der Waals surface area contributed by atoms with Gasteiger partial charge in [0, 0.05) is 39.8 Å². The quantitative estimate of drug-likeness (QED) is 0.785. The minimum Gasteiger partial charge on any atom is -0.383 e. The molecule has 1 saturated heterocycles. The highest BCUT2D eigenvalue weighted by molar-refractivity contribution is 9.10. The first-order chi connectivity index (χ1) is 9.24. The zero-order valence-electron chi connectivity index (χ0n) is 11.0. The fourth-order valence-electron chi connectivity index (χ4n) is 2.11. The van der Waals surface area contributed by atoms with Crippen LogP contribution in [0.3, 0.4) is 0 Å². The lowest BCUT2D eigenvalue weighted by Crippen LogP contribution is -2.47. The second kappa shape index (κ2) is 6.85. The van der Waals surface area contributed by atoms with Gasteiger partial charge in [-0.25, -0.2) is 4.98 Å². The number of piperazine rings is 1. The summed E-state index contributed by atoms with van der Waals surface area (Å²) in [5, 5.41) is 8.88. The van der Waals surface area contributed by atoms with Gasteiger partial charge < -0.3 is 9.64 Å². The molecule has 0 bridgehead atoms. The Hall–Kier alpha value is -1.16. The Labute approximate surface area is 121 Å². The molecule has 0 N–H and O–H groups in total. The van der Waals surface area contributed by atoms with Gasteiger partial charge in [0.1, 0.15) is 16.5 Å². The molecular formula is C13H17BrN4O. The number of hydrogen-bond acceptors (Lipinski definition) is 5. The molecule has 6 heteroatoms. The zero-order valence-corrected chi connectivity index (χ0v) is 12.6. The lowest BCUT2D eigenvalue weighted by Gasteiger charge is -2.35. The van der Waals surface area contributed by atoms with Crippen LogP contribution in [0, 0.1) is 11.3 Å². The van der Waals surface area contributed by atoms with Gasteiger partial charge in [-0.2, -0.15) is 5.26 Å². The Kier molecular flexibility index (Phi) is 5.14. The van der Waals surface area contributed by atoms with Crippen LogP contribution in [0.4, 0.5) is 5.82 Å². The van der Waals surface area contributed by atoms with E-state index in [0.717, 1.165) is 45.1 Å². The molecule has 102 valence electrons. The van der Waals surface area contributed by atoms with E-state index in [1.54, 1.807) is 7.11 Å². The van der Waals surface area contributed by atoms with Gasteiger partial charge in [0.2, 0.25) is 0 Å². The van der Waals surface area contributed by atoms with Gasteiger partial charge in [0.25, 0.3) is 0 Å². The van der Waals surface area contributed by atoms with Gasteiger partial charge in [-0.05, 0) is 28.1 Å². The van der Waals surface area contributed by atoms with Crippen molar-refractivity contribution in [3.63, 3.8) is 0 Å². The molecule has 0 spiro atoms. The number of rotatable bonds is 4. The summed E-state index contributed by atoms with van der Waals surface area (Å²) in [7, 11) is 1.73. The summed E-state index contributed by atoms with van der Waals surface area (Å²) < 4.78 is 5.71. The second-order valence-corrected chi connectivity index (χ2v) is 5.19. The zero-order chi connectivity index (χ0) is 13.7. The van der Waals surface area contributed by atoms with Crippen molar-refractivity contribution in [3.8, 4) is 6.07 Å². The molecule has 0 radical (unpaired) electrons. The molecule has 0 saturated carbocycles. The van der Waals surface area contributed by atoms with Gasteiger partial charge in [-0.1, -0.05) is 0 Å². The highest BCUT2D eigenvalue weighted by atomic mass is 79.9. The number of aromatic nitrogens is 1. The Morgan fingerprint density at radius 2 is 2.11 bits per heavy atom. The molecule has 0 unspecified atom stereocenters. The van der Waals surface area contributed by atoms with Gasteiger partial charge in [-0.15, -0.1) is 0 Å². The minimum atomic E-state index is 0.572. The van der Waals surface area contributed by atoms with Crippen LogP contribution in [0.5, 0.6) is 0 Å². The van der Waals surface area contributed by atoms with Crippen LogP contribution in [0.25, 0.3) is 0 Å². The van der Waals surface area contributed by atoms with Crippen LogP contribution in [0.1, 0.15) is 5.56 Å². The highest BCUT2D eigenvalue weighted by Gasteiger charge is 2.18. The van der Waals surface area contributed by atoms with Crippen molar-refractivity contribution in [2.45, 2.75) is 0 Å². The molecule has 1 aromatic heterocycles. The van der Waals surface area contributed by atoms with E-state index in [-0.39, 0.29) is 0 Å². The summed E-state index contributed by atoms with van der Waals surface area (Å²) >= 11 is 3.33. The summed E-state index contributed by atoms with van der Waals surface area (Å²) in [6, 6.07) is 5.83. The molecule has 0 aromatic carbocycles. The Balaban J connectivity index is 1.94. The maximum atomic E-state index is 8.88. The third-order valence-electron chi connectivity index (χ3n) is 3.26. The molecule has 1 aliphatic heterocycles. The van der Waals surface area contributed by atoms with E-state index in [9.17, 15) is 0 Å². The van der Waals surface area contributed by atoms with Crippen molar-refractivity contribution in [1.82, 2.24) is 9.88 Å². The monoisotopic (exact) mass is 324 g/mol. The molecule has 0 amide bonds. The Morgan fingerprint density at radius 3 is 2.68 bits per heavy atom. The number of halogens is 1. The summed E-state index contributed by atoms with van der Waals surface area (Å²) in [4.78, 5) is 9.06. The van der Waals surface area contributed by atoms with Crippen LogP contribution in [-0.2, 0) is 4.74 Å². The first-order valence-electron chi connectivity index (χ1n) is 6.27. The molecular weight excluding hydrogens is 308 g/mol. The largest absolute Gasteiger partial charge is 0.383 e. The first kappa shape index (κ1) is 14.3. The third-order valence-corrected chi connectivity index (χ3v) is 3.87. The van der Waals surface area contributed by atoms with Crippen molar-refractivity contribution >= 4 is 21.7 Å². The SMILES string of the molecule is COCCN1CCN(c2ccc(C#N)c(Br)n2)CC1. The van der Waals surface area contributed by atoms with E-state index in [0.29, 0.717) is 10.2 Å². The van der Waals surface area contributed by atoms with E-state index in [1.165, 1.54) is 0 Å². The maximum absolute atomic E-state index is 8.88. The van der Waals surface area contributed by atoms with Crippen LogP contribution in [-0.4, -0.2) is 56.3 Å². The van der Waals surface area contributed by atoms with E-state index in [2.05, 4.69) is 36.8 Å². The van der Waals surface area contributed by atoms with Crippen LogP contribution in [0.2, 0.25) is 0 Å². The van der Waals surface area contributed by atoms with Crippen molar-refractivity contribution in [2.24, 2.45) is 0 Å². The topological polar surface area (TPSA) is 52.4 Å². The van der Waals surface area contributed by atoms with Crippen LogP contribution < -0.4 is 4.90 Å². The van der Waals surface area contributed by atoms with Crippen LogP contribution in [0.15, 0.2) is 16.7 Å². The summed E-state index contributed by atoms with van der Waals surface area (Å²) in [6.45, 7) is 5.70. The predicted octanol–water partition coefficient (Wildman–Crippen LogP) is 1.48. The lowest BCUT2D eigenvalue weighted by molar-refractivity contribution is 0.144. The highest BCUT2D eigenvalue weighted by Crippen LogP contribution is 2.20. The second-order valence-electron chi connectivity index (χ2n) is 4.44. The van der Waals surface area contributed by atoms with Crippen molar-refractivity contribution < 1.29 is 4.74 Å². The Bertz CT molecular complexity index is 466. The van der Waals surface area contributed by atoms with Crippen molar-refractivity contribution in [2.75, 3.05) is 51.3 Å². The van der Waals surface area contributed by atoms with Gasteiger partial charge in [0.05, 0.1) is 12.2 Å². The van der Waals surface area contributed by atoms with Crippen molar-refractivity contribution in [1.29, 1.82) is 5.26 Å². The van der Waals surface area contributed by atoms with E-state index < -0.39 is 0 Å². The summed E-state index contributed by atoms with van der Waals surface area (Å²) in [5.74, 6) is 0.928. The number of hydrogen-bond donors (Lipinski definition) is 0. The molecule has 0 atom stereocenters. The Morgan fingerprint density at radius 1 is 1.37 bits per heavy atom. The number of anilines is 1. The molecule has 1 aromatic rings. The average molecular weight is 325 g/mol. The van der Waals surface area contributed by atoms with E-state index >= 15 is 0 Å². The fraction of sp³-hybridized carbons (Fsp3) is 0.538. The van der Waals surface area contributed by atoms with Crippen molar-refractivity contribution in [3.05, 3.63) is 22.3 Å². The normalized spacial score (nSPS) is 16.4. The van der Waals surface area contributed by atoms with E-state index in [1.807, 2.05) is 12.1 Å². The van der Waals surface area contributed by atoms with Gasteiger partial charge in [0.15, 0.2) is 0 Å². The van der Waals surface area contributed by atoms with E-state index in [4.69, 9.17) is 10.00 Å². The molecule has 0 aliphatic carbocycles. The number of pyridine rings is 1. The minimum absolute atomic E-state index is 0.572. The number of nitriles is 1. The molecule has 2 heterocycles. The summed E-state index contributed by atoms with van der Waals surface area (Å²) in [6.07, 6.45) is 0. The molecule has 2 rings (SSSR count). The van der Waals surface area contributed by atoms with Crippen LogP contribution >= 0.6 is 15.9 Å². The molecule has 5 nitrogen and oxygen atoms in total. The molecule has 19 heavy (non-hydrogen) atoms. The molecule has 1 aliphatic rings. The number of ether oxygens (including phenoxy) is 1. The maximum Gasteiger partial charge on any atom is 0.130 e. The average Bonchev–Trinajstić information content (AvgIpc) is 2.45. The fourth-order valence-corrected chi connectivity index (χ4v) is 2.51. The number of nitrogens with zero attached hydrogens (tertiary/aromatic N) is 4. The third kappa shape index (κ3) is 3.66. The standard InChI is InChI=1S/C13H17BrN4O/c1-19-9-8-17-4-6-18(7-5-17)12-3-2-11(10-15)13(14)16-12/h2-3H,4-9H2,1H3.